The average Bonchev–Trinajstić information content (AvgIpc) is 2.62. The van der Waals surface area contributed by atoms with E-state index < -0.39 is 0 Å². The predicted octanol–water partition coefficient (Wildman–Crippen LogP) is 3.21. The molecule has 0 atom stereocenters. The van der Waals surface area contributed by atoms with Crippen LogP contribution in [0.25, 0.3) is 0 Å². The van der Waals surface area contributed by atoms with Crippen LogP contribution in [0.15, 0.2) is 18.3 Å². The molecule has 1 amide bonds. The molecule has 1 aromatic rings. The van der Waals surface area contributed by atoms with Crippen molar-refractivity contribution in [1.29, 1.82) is 0 Å². The summed E-state index contributed by atoms with van der Waals surface area (Å²) in [5, 5.41) is 6.27. The number of hydrogen-bond acceptors (Lipinski definition) is 4. The Morgan fingerprint density at radius 1 is 1.21 bits per heavy atom. The van der Waals surface area contributed by atoms with E-state index in [1.54, 1.807) is 0 Å². The Hall–Kier alpha value is -1.33. The molecule has 24 heavy (non-hydrogen) atoms. The Kier molecular flexibility index (Phi) is 7.79. The Bertz CT molecular complexity index is 496. The van der Waals surface area contributed by atoms with Crippen LogP contribution < -0.4 is 15.5 Å². The Morgan fingerprint density at radius 3 is 2.62 bits per heavy atom. The van der Waals surface area contributed by atoms with Gasteiger partial charge in [-0.05, 0) is 24.5 Å². The van der Waals surface area contributed by atoms with Crippen LogP contribution in [0.3, 0.4) is 0 Å². The number of nitrogens with zero attached hydrogens (tertiary/aromatic N) is 2. The fourth-order valence-corrected chi connectivity index (χ4v) is 3.59. The van der Waals surface area contributed by atoms with E-state index in [0.29, 0.717) is 12.2 Å². The van der Waals surface area contributed by atoms with Crippen molar-refractivity contribution in [2.45, 2.75) is 44.9 Å². The Morgan fingerprint density at radius 2 is 1.96 bits per heavy atom. The zero-order valence-corrected chi connectivity index (χ0v) is 15.1. The van der Waals surface area contributed by atoms with E-state index in [2.05, 4.69) is 26.6 Å². The van der Waals surface area contributed by atoms with Crippen LogP contribution in [0.2, 0.25) is 0 Å². The van der Waals surface area contributed by atoms with Gasteiger partial charge in [0, 0.05) is 32.6 Å². The second kappa shape index (κ2) is 9.84. The molecule has 134 valence electrons. The first-order chi connectivity index (χ1) is 11.3. The molecule has 6 heteroatoms. The fraction of sp³-hybridized carbons (Fsp3) is 0.667. The summed E-state index contributed by atoms with van der Waals surface area (Å²) < 4.78 is 0. The molecule has 1 aliphatic carbocycles. The van der Waals surface area contributed by atoms with Crippen molar-refractivity contribution in [2.24, 2.45) is 5.92 Å². The minimum Gasteiger partial charge on any atom is -0.368 e. The summed E-state index contributed by atoms with van der Waals surface area (Å²) in [5.41, 5.74) is 1.13. The molecule has 2 N–H and O–H groups in total. The largest absolute Gasteiger partial charge is 0.368 e. The van der Waals surface area contributed by atoms with Gasteiger partial charge in [0.05, 0.1) is 11.9 Å². The third kappa shape index (κ3) is 5.64. The van der Waals surface area contributed by atoms with Crippen LogP contribution in [0.4, 0.5) is 11.5 Å². The van der Waals surface area contributed by atoms with Crippen LogP contribution in [-0.4, -0.2) is 37.1 Å². The van der Waals surface area contributed by atoms with Gasteiger partial charge in [0.2, 0.25) is 5.91 Å². The van der Waals surface area contributed by atoms with E-state index in [1.807, 2.05) is 12.3 Å². The first kappa shape index (κ1) is 19.0. The zero-order chi connectivity index (χ0) is 15.9. The number of nitrogens with one attached hydrogen (secondary N) is 2. The van der Waals surface area contributed by atoms with E-state index in [0.717, 1.165) is 44.2 Å². The number of carbonyl (C=O) groups excluding carboxylic acids is 1. The summed E-state index contributed by atoms with van der Waals surface area (Å²) >= 11 is 0. The van der Waals surface area contributed by atoms with Gasteiger partial charge < -0.3 is 15.5 Å². The number of anilines is 2. The van der Waals surface area contributed by atoms with Crippen LogP contribution >= 0.6 is 12.4 Å². The highest BCUT2D eigenvalue weighted by Gasteiger charge is 2.15. The van der Waals surface area contributed by atoms with Gasteiger partial charge in [-0.15, -0.1) is 12.4 Å². The molecule has 1 aliphatic heterocycles. The van der Waals surface area contributed by atoms with E-state index in [1.165, 1.54) is 32.1 Å². The van der Waals surface area contributed by atoms with Gasteiger partial charge in [0.15, 0.2) is 0 Å². The van der Waals surface area contributed by atoms with Crippen molar-refractivity contribution in [1.82, 2.24) is 10.3 Å². The number of carbonyl (C=O) groups is 1. The van der Waals surface area contributed by atoms with Gasteiger partial charge in [-0.2, -0.15) is 0 Å². The molecule has 0 bridgehead atoms. The second-order valence-corrected chi connectivity index (χ2v) is 6.73. The third-order valence-corrected chi connectivity index (χ3v) is 5.00. The lowest BCUT2D eigenvalue weighted by molar-refractivity contribution is -0.116. The van der Waals surface area contributed by atoms with E-state index in [-0.39, 0.29) is 18.3 Å². The number of hydrogen-bond donors (Lipinski definition) is 2. The van der Waals surface area contributed by atoms with Crippen LogP contribution in [0, 0.1) is 5.92 Å². The Balaban J connectivity index is 0.00000208. The summed E-state index contributed by atoms with van der Waals surface area (Å²) in [5.74, 6) is 1.51. The number of rotatable bonds is 5. The maximum atomic E-state index is 12.1. The summed E-state index contributed by atoms with van der Waals surface area (Å²) in [7, 11) is 0. The maximum absolute atomic E-state index is 12.1. The molecule has 2 heterocycles. The standard InChI is InChI=1S/C18H28N4O.ClH/c23-18(9-6-15-4-2-1-3-5-15)21-17-8-7-16(14-20-17)22-12-10-19-11-13-22;/h7-8,14-15,19H,1-6,9-13H2,(H,20,21,23);1H. The number of pyridine rings is 1. The van der Waals surface area contributed by atoms with E-state index in [4.69, 9.17) is 0 Å². The van der Waals surface area contributed by atoms with Gasteiger partial charge in [-0.3, -0.25) is 4.79 Å². The topological polar surface area (TPSA) is 57.3 Å². The molecule has 1 saturated carbocycles. The number of halogens is 1. The molecule has 1 saturated heterocycles. The van der Waals surface area contributed by atoms with Crippen molar-refractivity contribution >= 4 is 29.8 Å². The molecule has 0 spiro atoms. The van der Waals surface area contributed by atoms with Gasteiger partial charge in [-0.1, -0.05) is 32.1 Å². The first-order valence-electron chi connectivity index (χ1n) is 9.03. The van der Waals surface area contributed by atoms with Gasteiger partial charge in [-0.25, -0.2) is 4.98 Å². The number of aromatic nitrogens is 1. The highest BCUT2D eigenvalue weighted by atomic mass is 35.5. The van der Waals surface area contributed by atoms with Crippen molar-refractivity contribution in [3.63, 3.8) is 0 Å². The van der Waals surface area contributed by atoms with Crippen LogP contribution in [0.1, 0.15) is 44.9 Å². The van der Waals surface area contributed by atoms with Crippen LogP contribution in [-0.2, 0) is 4.79 Å². The van der Waals surface area contributed by atoms with Crippen molar-refractivity contribution in [2.75, 3.05) is 36.4 Å². The van der Waals surface area contributed by atoms with Crippen molar-refractivity contribution in [3.05, 3.63) is 18.3 Å². The molecule has 0 unspecified atom stereocenters. The van der Waals surface area contributed by atoms with E-state index in [9.17, 15) is 4.79 Å². The SMILES string of the molecule is Cl.O=C(CCC1CCCCC1)Nc1ccc(N2CCNCC2)cn1. The summed E-state index contributed by atoms with van der Waals surface area (Å²) in [6.07, 6.45) is 10.1. The highest BCUT2D eigenvalue weighted by molar-refractivity contribution is 5.89. The minimum atomic E-state index is 0. The molecule has 2 fully saturated rings. The lowest BCUT2D eigenvalue weighted by atomic mass is 9.86. The quantitative estimate of drug-likeness (QED) is 0.854. The van der Waals surface area contributed by atoms with Gasteiger partial charge in [0.25, 0.3) is 0 Å². The van der Waals surface area contributed by atoms with Crippen LogP contribution in [0.5, 0.6) is 0 Å². The second-order valence-electron chi connectivity index (χ2n) is 6.73. The maximum Gasteiger partial charge on any atom is 0.225 e. The highest BCUT2D eigenvalue weighted by Crippen LogP contribution is 2.27. The van der Waals surface area contributed by atoms with Crippen molar-refractivity contribution < 1.29 is 4.79 Å². The smallest absolute Gasteiger partial charge is 0.225 e. The molecule has 3 rings (SSSR count). The molecule has 2 aliphatic rings. The van der Waals surface area contributed by atoms with Gasteiger partial charge in [0.1, 0.15) is 5.82 Å². The fourth-order valence-electron chi connectivity index (χ4n) is 3.59. The lowest BCUT2D eigenvalue weighted by Crippen LogP contribution is -2.43. The average molecular weight is 353 g/mol. The predicted molar refractivity (Wildman–Crippen MR) is 101 cm³/mol. The monoisotopic (exact) mass is 352 g/mol. The minimum absolute atomic E-state index is 0. The lowest BCUT2D eigenvalue weighted by Gasteiger charge is -2.29. The number of amides is 1. The molecular weight excluding hydrogens is 324 g/mol. The normalized spacial score (nSPS) is 18.8. The molecule has 0 radical (unpaired) electrons. The third-order valence-electron chi connectivity index (χ3n) is 5.00. The summed E-state index contributed by atoms with van der Waals surface area (Å²) in [6.45, 7) is 4.04. The molecule has 0 aromatic carbocycles. The molecular formula is C18H29ClN4O. The summed E-state index contributed by atoms with van der Waals surface area (Å²) in [6, 6.07) is 3.96. The molecule has 1 aromatic heterocycles. The van der Waals surface area contributed by atoms with Gasteiger partial charge >= 0.3 is 0 Å². The number of piperazine rings is 1. The first-order valence-corrected chi connectivity index (χ1v) is 9.03. The van der Waals surface area contributed by atoms with E-state index >= 15 is 0 Å². The van der Waals surface area contributed by atoms with Crippen molar-refractivity contribution in [3.8, 4) is 0 Å². The molecule has 5 nitrogen and oxygen atoms in total. The Labute approximate surface area is 151 Å². The zero-order valence-electron chi connectivity index (χ0n) is 14.3. The summed E-state index contributed by atoms with van der Waals surface area (Å²) in [4.78, 5) is 18.8.